The Hall–Kier alpha value is -3.15. The Bertz CT molecular complexity index is 972. The minimum atomic E-state index is -0.726. The van der Waals surface area contributed by atoms with E-state index < -0.39 is 12.0 Å². The summed E-state index contributed by atoms with van der Waals surface area (Å²) in [6.45, 7) is 5.51. The third-order valence-corrected chi connectivity index (χ3v) is 4.51. The fourth-order valence-electron chi connectivity index (χ4n) is 3.06. The van der Waals surface area contributed by atoms with Gasteiger partial charge < -0.3 is 14.6 Å². The van der Waals surface area contributed by atoms with Gasteiger partial charge in [-0.25, -0.2) is 4.79 Å². The predicted molar refractivity (Wildman–Crippen MR) is 105 cm³/mol. The van der Waals surface area contributed by atoms with Gasteiger partial charge in [-0.1, -0.05) is 61.5 Å². The standard InChI is InChI=1S/C22H24N2O4/c1-14(2)21(22(26)27-13-18-11-15(3)28-24-18)23-20(25)12-17-9-6-8-16-7-4-5-10-19(16)17/h4-11,14,21H,12-13H2,1-3H3,(H,23,25)/t21-/m0/s1. The molecule has 28 heavy (non-hydrogen) atoms. The number of carbonyl (C=O) groups excluding carboxylic acids is 2. The molecule has 0 unspecified atom stereocenters. The topological polar surface area (TPSA) is 81.4 Å². The first-order valence-electron chi connectivity index (χ1n) is 9.29. The molecule has 6 nitrogen and oxygen atoms in total. The molecular formula is C22H24N2O4. The number of hydrogen-bond donors (Lipinski definition) is 1. The molecular weight excluding hydrogens is 356 g/mol. The summed E-state index contributed by atoms with van der Waals surface area (Å²) in [6.07, 6.45) is 0.195. The quantitative estimate of drug-likeness (QED) is 0.634. The van der Waals surface area contributed by atoms with Crippen LogP contribution in [0.1, 0.15) is 30.9 Å². The molecule has 0 radical (unpaired) electrons. The molecule has 6 heteroatoms. The molecule has 1 atom stereocenters. The van der Waals surface area contributed by atoms with Crippen LogP contribution in [0, 0.1) is 12.8 Å². The van der Waals surface area contributed by atoms with Crippen LogP contribution in [-0.4, -0.2) is 23.1 Å². The molecule has 1 heterocycles. The lowest BCUT2D eigenvalue weighted by Gasteiger charge is -2.21. The van der Waals surface area contributed by atoms with E-state index in [1.165, 1.54) is 0 Å². The summed E-state index contributed by atoms with van der Waals surface area (Å²) in [4.78, 5) is 25.1. The zero-order valence-corrected chi connectivity index (χ0v) is 16.3. The molecule has 146 valence electrons. The number of benzene rings is 2. The average molecular weight is 380 g/mol. The van der Waals surface area contributed by atoms with Crippen molar-refractivity contribution in [2.75, 3.05) is 0 Å². The number of esters is 1. The molecule has 2 aromatic carbocycles. The molecule has 1 N–H and O–H groups in total. The highest BCUT2D eigenvalue weighted by atomic mass is 16.5. The molecule has 0 saturated carbocycles. The monoisotopic (exact) mass is 380 g/mol. The highest BCUT2D eigenvalue weighted by Gasteiger charge is 2.26. The van der Waals surface area contributed by atoms with Crippen LogP contribution < -0.4 is 5.32 Å². The largest absolute Gasteiger partial charge is 0.458 e. The van der Waals surface area contributed by atoms with Gasteiger partial charge in [-0.3, -0.25) is 4.79 Å². The van der Waals surface area contributed by atoms with Crippen molar-refractivity contribution in [3.63, 3.8) is 0 Å². The van der Waals surface area contributed by atoms with Gasteiger partial charge in [0.25, 0.3) is 0 Å². The summed E-state index contributed by atoms with van der Waals surface area (Å²) >= 11 is 0. The Morgan fingerprint density at radius 3 is 2.61 bits per heavy atom. The summed E-state index contributed by atoms with van der Waals surface area (Å²) in [7, 11) is 0. The van der Waals surface area contributed by atoms with Crippen LogP contribution in [0.15, 0.2) is 53.1 Å². The number of aromatic nitrogens is 1. The summed E-state index contributed by atoms with van der Waals surface area (Å²) in [5, 5.41) is 8.72. The lowest BCUT2D eigenvalue weighted by atomic mass is 10.0. The predicted octanol–water partition coefficient (Wildman–Crippen LogP) is 3.56. The molecule has 1 aromatic heterocycles. The fourth-order valence-corrected chi connectivity index (χ4v) is 3.06. The summed E-state index contributed by atoms with van der Waals surface area (Å²) in [6, 6.07) is 14.8. The highest BCUT2D eigenvalue weighted by molar-refractivity contribution is 5.91. The van der Waals surface area contributed by atoms with E-state index in [2.05, 4.69) is 10.5 Å². The van der Waals surface area contributed by atoms with Gasteiger partial charge in [0.2, 0.25) is 5.91 Å². The van der Waals surface area contributed by atoms with E-state index in [1.54, 1.807) is 13.0 Å². The van der Waals surface area contributed by atoms with E-state index in [0.29, 0.717) is 11.5 Å². The second kappa shape index (κ2) is 8.69. The number of amides is 1. The van der Waals surface area contributed by atoms with Crippen molar-refractivity contribution in [3.05, 3.63) is 65.5 Å². The maximum Gasteiger partial charge on any atom is 0.329 e. The fraction of sp³-hybridized carbons (Fsp3) is 0.318. The first kappa shape index (κ1) is 19.6. The number of nitrogens with one attached hydrogen (secondary N) is 1. The third kappa shape index (κ3) is 4.76. The van der Waals surface area contributed by atoms with Gasteiger partial charge in [0.15, 0.2) is 0 Å². The van der Waals surface area contributed by atoms with Crippen LogP contribution in [-0.2, 0) is 27.4 Å². The van der Waals surface area contributed by atoms with Gasteiger partial charge >= 0.3 is 5.97 Å². The van der Waals surface area contributed by atoms with Crippen LogP contribution in [0.5, 0.6) is 0 Å². The number of rotatable bonds is 7. The minimum absolute atomic E-state index is 0.0125. The summed E-state index contributed by atoms with van der Waals surface area (Å²) in [5.74, 6) is -0.163. The van der Waals surface area contributed by atoms with Gasteiger partial charge in [0, 0.05) is 6.07 Å². The lowest BCUT2D eigenvalue weighted by Crippen LogP contribution is -2.45. The molecule has 0 aliphatic carbocycles. The SMILES string of the molecule is Cc1cc(COC(=O)[C@@H](NC(=O)Cc2cccc3ccccc23)C(C)C)no1. The molecule has 0 fully saturated rings. The summed E-state index contributed by atoms with van der Waals surface area (Å²) in [5.41, 5.74) is 1.46. The first-order valence-corrected chi connectivity index (χ1v) is 9.29. The normalized spacial score (nSPS) is 12.1. The molecule has 0 bridgehead atoms. The number of fused-ring (bicyclic) bond motifs is 1. The van der Waals surface area contributed by atoms with Gasteiger partial charge in [0.05, 0.1) is 6.42 Å². The van der Waals surface area contributed by atoms with Crippen molar-refractivity contribution in [1.82, 2.24) is 10.5 Å². The van der Waals surface area contributed by atoms with Crippen LogP contribution in [0.3, 0.4) is 0 Å². The molecule has 3 rings (SSSR count). The lowest BCUT2D eigenvalue weighted by molar-refractivity contribution is -0.150. The second-order valence-electron chi connectivity index (χ2n) is 7.14. The number of hydrogen-bond acceptors (Lipinski definition) is 5. The van der Waals surface area contributed by atoms with Gasteiger partial charge in [-0.15, -0.1) is 0 Å². The molecule has 0 aliphatic rings. The maximum atomic E-state index is 12.6. The zero-order chi connectivity index (χ0) is 20.1. The number of aryl methyl sites for hydroxylation is 1. The number of carbonyl (C=O) groups is 2. The van der Waals surface area contributed by atoms with Gasteiger partial charge in [0.1, 0.15) is 24.1 Å². The molecule has 0 spiro atoms. The van der Waals surface area contributed by atoms with Crippen molar-refractivity contribution in [3.8, 4) is 0 Å². The van der Waals surface area contributed by atoms with E-state index in [0.717, 1.165) is 16.3 Å². The number of ether oxygens (including phenoxy) is 1. The van der Waals surface area contributed by atoms with E-state index in [-0.39, 0.29) is 24.9 Å². The number of nitrogens with zero attached hydrogens (tertiary/aromatic N) is 1. The van der Waals surface area contributed by atoms with E-state index in [4.69, 9.17) is 9.26 Å². The van der Waals surface area contributed by atoms with Crippen molar-refractivity contribution in [2.45, 2.75) is 39.8 Å². The van der Waals surface area contributed by atoms with E-state index >= 15 is 0 Å². The second-order valence-corrected chi connectivity index (χ2v) is 7.14. The first-order chi connectivity index (χ1) is 13.4. The van der Waals surface area contributed by atoms with E-state index in [1.807, 2.05) is 56.3 Å². The van der Waals surface area contributed by atoms with Crippen LogP contribution in [0.4, 0.5) is 0 Å². The smallest absolute Gasteiger partial charge is 0.329 e. The Morgan fingerprint density at radius 1 is 1.14 bits per heavy atom. The average Bonchev–Trinajstić information content (AvgIpc) is 3.09. The van der Waals surface area contributed by atoms with Gasteiger partial charge in [-0.05, 0) is 29.2 Å². The van der Waals surface area contributed by atoms with Crippen molar-refractivity contribution >= 4 is 22.6 Å². The van der Waals surface area contributed by atoms with Crippen LogP contribution in [0.2, 0.25) is 0 Å². The molecule has 0 aliphatic heterocycles. The van der Waals surface area contributed by atoms with Gasteiger partial charge in [-0.2, -0.15) is 0 Å². The third-order valence-electron chi connectivity index (χ3n) is 4.51. The van der Waals surface area contributed by atoms with Crippen LogP contribution >= 0.6 is 0 Å². The van der Waals surface area contributed by atoms with Crippen molar-refractivity contribution in [2.24, 2.45) is 5.92 Å². The summed E-state index contributed by atoms with van der Waals surface area (Å²) < 4.78 is 10.3. The van der Waals surface area contributed by atoms with Crippen molar-refractivity contribution < 1.29 is 18.8 Å². The Kier molecular flexibility index (Phi) is 6.09. The van der Waals surface area contributed by atoms with Crippen molar-refractivity contribution in [1.29, 1.82) is 0 Å². The van der Waals surface area contributed by atoms with E-state index in [9.17, 15) is 9.59 Å². The molecule has 0 saturated heterocycles. The molecule has 1 amide bonds. The highest BCUT2D eigenvalue weighted by Crippen LogP contribution is 2.19. The molecule has 3 aromatic rings. The zero-order valence-electron chi connectivity index (χ0n) is 16.3. The maximum absolute atomic E-state index is 12.6. The minimum Gasteiger partial charge on any atom is -0.458 e. The Morgan fingerprint density at radius 2 is 1.89 bits per heavy atom. The van der Waals surface area contributed by atoms with Crippen LogP contribution in [0.25, 0.3) is 10.8 Å². The Balaban J connectivity index is 1.64. The Labute approximate surface area is 163 Å².